The van der Waals surface area contributed by atoms with Crippen LogP contribution in [-0.4, -0.2) is 56.2 Å². The van der Waals surface area contributed by atoms with Crippen LogP contribution in [0.1, 0.15) is 23.0 Å². The van der Waals surface area contributed by atoms with Gasteiger partial charge in [-0.25, -0.2) is 0 Å². The second kappa shape index (κ2) is 5.70. The van der Waals surface area contributed by atoms with E-state index in [0.29, 0.717) is 6.10 Å². The molecule has 0 radical (unpaired) electrons. The van der Waals surface area contributed by atoms with Crippen LogP contribution >= 0.6 is 11.3 Å². The Bertz CT molecular complexity index is 385. The predicted octanol–water partition coefficient (Wildman–Crippen LogP) is 2.00. The highest BCUT2D eigenvalue weighted by Crippen LogP contribution is 2.33. The standard InChI is InChI=1S/C14H22N2OS/c1-15-6-8-16(9-7-15)5-2-13-12-4-11-18-14(12)3-10-17-13/h4,11,13H,2-3,5-10H2,1H3. The maximum atomic E-state index is 5.94. The highest BCUT2D eigenvalue weighted by atomic mass is 32.1. The average molecular weight is 266 g/mol. The van der Waals surface area contributed by atoms with Gasteiger partial charge in [0, 0.05) is 44.0 Å². The van der Waals surface area contributed by atoms with Gasteiger partial charge in [0.2, 0.25) is 0 Å². The molecule has 1 fully saturated rings. The summed E-state index contributed by atoms with van der Waals surface area (Å²) in [7, 11) is 2.21. The van der Waals surface area contributed by atoms with Crippen LogP contribution in [0.4, 0.5) is 0 Å². The minimum absolute atomic E-state index is 0.347. The number of thiophene rings is 1. The van der Waals surface area contributed by atoms with Crippen LogP contribution in [0.3, 0.4) is 0 Å². The van der Waals surface area contributed by atoms with Gasteiger partial charge in [0.05, 0.1) is 12.7 Å². The molecule has 18 heavy (non-hydrogen) atoms. The molecule has 1 atom stereocenters. The number of fused-ring (bicyclic) bond motifs is 1. The first kappa shape index (κ1) is 12.6. The van der Waals surface area contributed by atoms with E-state index in [0.717, 1.165) is 19.4 Å². The van der Waals surface area contributed by atoms with E-state index in [2.05, 4.69) is 28.3 Å². The lowest BCUT2D eigenvalue weighted by Gasteiger charge is -2.33. The first-order valence-electron chi connectivity index (χ1n) is 6.92. The molecule has 3 heterocycles. The summed E-state index contributed by atoms with van der Waals surface area (Å²) in [4.78, 5) is 6.53. The van der Waals surface area contributed by atoms with E-state index in [1.54, 1.807) is 4.88 Å². The van der Waals surface area contributed by atoms with Crippen molar-refractivity contribution in [3.05, 3.63) is 21.9 Å². The van der Waals surface area contributed by atoms with Crippen molar-refractivity contribution in [2.45, 2.75) is 18.9 Å². The van der Waals surface area contributed by atoms with Gasteiger partial charge in [-0.05, 0) is 30.5 Å². The molecule has 0 amide bonds. The third kappa shape index (κ3) is 2.77. The fourth-order valence-electron chi connectivity index (χ4n) is 2.83. The van der Waals surface area contributed by atoms with Crippen molar-refractivity contribution in [3.63, 3.8) is 0 Å². The van der Waals surface area contributed by atoms with Gasteiger partial charge in [0.25, 0.3) is 0 Å². The van der Waals surface area contributed by atoms with Gasteiger partial charge in [0.1, 0.15) is 0 Å². The zero-order valence-corrected chi connectivity index (χ0v) is 11.9. The van der Waals surface area contributed by atoms with Crippen LogP contribution in [-0.2, 0) is 11.2 Å². The Morgan fingerprint density at radius 2 is 2.17 bits per heavy atom. The molecule has 0 aromatic carbocycles. The summed E-state index contributed by atoms with van der Waals surface area (Å²) in [6, 6.07) is 2.26. The van der Waals surface area contributed by atoms with Crippen molar-refractivity contribution in [2.75, 3.05) is 46.4 Å². The molecule has 4 heteroatoms. The zero-order chi connectivity index (χ0) is 12.4. The van der Waals surface area contributed by atoms with Gasteiger partial charge < -0.3 is 14.5 Å². The van der Waals surface area contributed by atoms with Crippen molar-refractivity contribution in [2.24, 2.45) is 0 Å². The molecule has 1 unspecified atom stereocenters. The highest BCUT2D eigenvalue weighted by Gasteiger charge is 2.23. The molecule has 1 saturated heterocycles. The van der Waals surface area contributed by atoms with Gasteiger partial charge in [-0.2, -0.15) is 0 Å². The van der Waals surface area contributed by atoms with Gasteiger partial charge in [-0.3, -0.25) is 0 Å². The number of hydrogen-bond donors (Lipinski definition) is 0. The molecule has 1 aromatic heterocycles. The highest BCUT2D eigenvalue weighted by molar-refractivity contribution is 7.10. The lowest BCUT2D eigenvalue weighted by Crippen LogP contribution is -2.45. The van der Waals surface area contributed by atoms with E-state index < -0.39 is 0 Å². The SMILES string of the molecule is CN1CCN(CCC2OCCc3sccc32)CC1. The molecule has 0 spiro atoms. The third-order valence-corrected chi connectivity index (χ3v) is 5.07. The van der Waals surface area contributed by atoms with E-state index in [4.69, 9.17) is 4.74 Å². The van der Waals surface area contributed by atoms with Crippen LogP contribution in [0.25, 0.3) is 0 Å². The Kier molecular flexibility index (Phi) is 3.99. The van der Waals surface area contributed by atoms with Crippen molar-refractivity contribution in [1.29, 1.82) is 0 Å². The number of piperazine rings is 1. The van der Waals surface area contributed by atoms with Crippen molar-refractivity contribution >= 4 is 11.3 Å². The van der Waals surface area contributed by atoms with Gasteiger partial charge >= 0.3 is 0 Å². The lowest BCUT2D eigenvalue weighted by atomic mass is 10.0. The summed E-state index contributed by atoms with van der Waals surface area (Å²) in [6.45, 7) is 6.90. The minimum atomic E-state index is 0.347. The second-order valence-electron chi connectivity index (χ2n) is 5.34. The molecule has 2 aliphatic heterocycles. The molecule has 0 saturated carbocycles. The van der Waals surface area contributed by atoms with E-state index in [-0.39, 0.29) is 0 Å². The fourth-order valence-corrected chi connectivity index (χ4v) is 3.75. The van der Waals surface area contributed by atoms with Gasteiger partial charge in [-0.1, -0.05) is 0 Å². The lowest BCUT2D eigenvalue weighted by molar-refractivity contribution is 0.0268. The van der Waals surface area contributed by atoms with E-state index in [1.807, 2.05) is 11.3 Å². The largest absolute Gasteiger partial charge is 0.373 e. The van der Waals surface area contributed by atoms with Gasteiger partial charge in [-0.15, -0.1) is 11.3 Å². The second-order valence-corrected chi connectivity index (χ2v) is 6.34. The monoisotopic (exact) mass is 266 g/mol. The molecular formula is C14H22N2OS. The Morgan fingerprint density at radius 3 is 3.00 bits per heavy atom. The molecule has 3 nitrogen and oxygen atoms in total. The van der Waals surface area contributed by atoms with Crippen molar-refractivity contribution in [1.82, 2.24) is 9.80 Å². The normalized spacial score (nSPS) is 26.2. The average Bonchev–Trinajstić information content (AvgIpc) is 2.87. The molecule has 2 aliphatic rings. The van der Waals surface area contributed by atoms with E-state index in [9.17, 15) is 0 Å². The summed E-state index contributed by atoms with van der Waals surface area (Å²) >= 11 is 1.89. The van der Waals surface area contributed by atoms with Crippen molar-refractivity contribution in [3.8, 4) is 0 Å². The predicted molar refractivity (Wildman–Crippen MR) is 75.3 cm³/mol. The number of hydrogen-bond acceptors (Lipinski definition) is 4. The quantitative estimate of drug-likeness (QED) is 0.832. The first-order chi connectivity index (χ1) is 8.83. The molecule has 0 aliphatic carbocycles. The van der Waals surface area contributed by atoms with E-state index in [1.165, 1.54) is 38.3 Å². The van der Waals surface area contributed by atoms with Gasteiger partial charge in [0.15, 0.2) is 0 Å². The Hall–Kier alpha value is -0.420. The number of ether oxygens (including phenoxy) is 1. The first-order valence-corrected chi connectivity index (χ1v) is 7.79. The summed E-state index contributed by atoms with van der Waals surface area (Å²) in [5, 5.41) is 2.21. The molecule has 0 N–H and O–H groups in total. The Balaban J connectivity index is 1.52. The van der Waals surface area contributed by atoms with Crippen LogP contribution in [0, 0.1) is 0 Å². The summed E-state index contributed by atoms with van der Waals surface area (Å²) < 4.78 is 5.94. The van der Waals surface area contributed by atoms with E-state index >= 15 is 0 Å². The number of rotatable bonds is 3. The molecule has 3 rings (SSSR count). The zero-order valence-electron chi connectivity index (χ0n) is 11.1. The third-order valence-electron chi connectivity index (χ3n) is 4.08. The number of likely N-dealkylation sites (N-methyl/N-ethyl adjacent to an activating group) is 1. The Morgan fingerprint density at radius 1 is 1.33 bits per heavy atom. The summed E-state index contributed by atoms with van der Waals surface area (Å²) in [5.41, 5.74) is 1.46. The fraction of sp³-hybridized carbons (Fsp3) is 0.714. The molecule has 100 valence electrons. The summed E-state index contributed by atoms with van der Waals surface area (Å²) in [6.07, 6.45) is 2.60. The topological polar surface area (TPSA) is 15.7 Å². The van der Waals surface area contributed by atoms with Crippen LogP contribution < -0.4 is 0 Å². The van der Waals surface area contributed by atoms with Crippen LogP contribution in [0.5, 0.6) is 0 Å². The Labute approximate surface area is 113 Å². The maximum absolute atomic E-state index is 5.94. The molecular weight excluding hydrogens is 244 g/mol. The molecule has 0 bridgehead atoms. The van der Waals surface area contributed by atoms with Crippen LogP contribution in [0.15, 0.2) is 11.4 Å². The summed E-state index contributed by atoms with van der Waals surface area (Å²) in [5.74, 6) is 0. The van der Waals surface area contributed by atoms with Crippen molar-refractivity contribution < 1.29 is 4.74 Å². The molecule has 1 aromatic rings. The number of nitrogens with zero attached hydrogens (tertiary/aromatic N) is 2. The minimum Gasteiger partial charge on any atom is -0.373 e. The smallest absolute Gasteiger partial charge is 0.0848 e. The maximum Gasteiger partial charge on any atom is 0.0848 e. The van der Waals surface area contributed by atoms with Crippen LogP contribution in [0.2, 0.25) is 0 Å².